The SMILES string of the molecule is CC[C@H](C)c1ccccc1NC(=O)COC(=O)c1cccc(C)c1. The van der Waals surface area contributed by atoms with Crippen molar-refractivity contribution in [3.63, 3.8) is 0 Å². The minimum absolute atomic E-state index is 0.304. The van der Waals surface area contributed by atoms with Crippen LogP contribution in [0, 0.1) is 6.92 Å². The van der Waals surface area contributed by atoms with Gasteiger partial charge in [0.1, 0.15) is 0 Å². The highest BCUT2D eigenvalue weighted by Crippen LogP contribution is 2.26. The van der Waals surface area contributed by atoms with Gasteiger partial charge in [-0.15, -0.1) is 0 Å². The van der Waals surface area contributed by atoms with Crippen LogP contribution < -0.4 is 5.32 Å². The summed E-state index contributed by atoms with van der Waals surface area (Å²) in [4.78, 5) is 24.1. The minimum atomic E-state index is -0.496. The van der Waals surface area contributed by atoms with E-state index in [2.05, 4.69) is 19.2 Å². The third-order valence-corrected chi connectivity index (χ3v) is 3.97. The van der Waals surface area contributed by atoms with E-state index in [0.717, 1.165) is 23.2 Å². The van der Waals surface area contributed by atoms with Gasteiger partial charge in [-0.05, 0) is 43.0 Å². The predicted molar refractivity (Wildman–Crippen MR) is 95.2 cm³/mol. The second-order valence-corrected chi connectivity index (χ2v) is 5.89. The van der Waals surface area contributed by atoms with E-state index in [1.807, 2.05) is 37.3 Å². The van der Waals surface area contributed by atoms with E-state index in [-0.39, 0.29) is 12.5 Å². The van der Waals surface area contributed by atoms with Crippen molar-refractivity contribution in [2.75, 3.05) is 11.9 Å². The van der Waals surface area contributed by atoms with Gasteiger partial charge in [-0.3, -0.25) is 4.79 Å². The molecule has 0 spiro atoms. The van der Waals surface area contributed by atoms with Crippen LogP contribution in [0.25, 0.3) is 0 Å². The molecule has 2 aromatic carbocycles. The van der Waals surface area contributed by atoms with Crippen LogP contribution in [0.15, 0.2) is 48.5 Å². The van der Waals surface area contributed by atoms with Gasteiger partial charge in [0.2, 0.25) is 0 Å². The monoisotopic (exact) mass is 325 g/mol. The van der Waals surface area contributed by atoms with Gasteiger partial charge in [-0.2, -0.15) is 0 Å². The lowest BCUT2D eigenvalue weighted by molar-refractivity contribution is -0.119. The summed E-state index contributed by atoms with van der Waals surface area (Å²) in [5.74, 6) is -0.493. The predicted octanol–water partition coefficient (Wildman–Crippen LogP) is 4.30. The Morgan fingerprint density at radius 2 is 1.88 bits per heavy atom. The lowest BCUT2D eigenvalue weighted by Gasteiger charge is -2.15. The second-order valence-electron chi connectivity index (χ2n) is 5.89. The molecular weight excluding hydrogens is 302 g/mol. The van der Waals surface area contributed by atoms with Crippen molar-refractivity contribution in [2.45, 2.75) is 33.1 Å². The maximum absolute atomic E-state index is 12.1. The van der Waals surface area contributed by atoms with Gasteiger partial charge in [0, 0.05) is 5.69 Å². The molecule has 1 atom stereocenters. The summed E-state index contributed by atoms with van der Waals surface area (Å²) >= 11 is 0. The van der Waals surface area contributed by atoms with Crippen molar-refractivity contribution in [3.8, 4) is 0 Å². The summed E-state index contributed by atoms with van der Waals surface area (Å²) in [6.45, 7) is 5.81. The molecule has 4 heteroatoms. The Kier molecular flexibility index (Phi) is 6.13. The fourth-order valence-electron chi connectivity index (χ4n) is 2.43. The smallest absolute Gasteiger partial charge is 0.338 e. The second kappa shape index (κ2) is 8.29. The van der Waals surface area contributed by atoms with Crippen molar-refractivity contribution in [1.82, 2.24) is 0 Å². The maximum atomic E-state index is 12.1. The summed E-state index contributed by atoms with van der Waals surface area (Å²) in [5, 5.41) is 2.83. The number of carbonyl (C=O) groups is 2. The molecule has 126 valence electrons. The van der Waals surface area contributed by atoms with Gasteiger partial charge in [-0.1, -0.05) is 49.7 Å². The number of nitrogens with one attached hydrogen (secondary N) is 1. The van der Waals surface area contributed by atoms with Crippen molar-refractivity contribution in [2.24, 2.45) is 0 Å². The Balaban J connectivity index is 1.96. The Morgan fingerprint density at radius 1 is 1.12 bits per heavy atom. The molecule has 1 N–H and O–H groups in total. The molecule has 0 radical (unpaired) electrons. The molecule has 0 aliphatic rings. The number of amides is 1. The lowest BCUT2D eigenvalue weighted by atomic mass is 9.97. The van der Waals surface area contributed by atoms with Crippen molar-refractivity contribution in [1.29, 1.82) is 0 Å². The standard InChI is InChI=1S/C20H23NO3/c1-4-15(3)17-10-5-6-11-18(17)21-19(22)13-24-20(23)16-9-7-8-14(2)12-16/h5-12,15H,4,13H2,1-3H3,(H,21,22)/t15-/m0/s1. The number of benzene rings is 2. The molecule has 24 heavy (non-hydrogen) atoms. The number of anilines is 1. The van der Waals surface area contributed by atoms with E-state index >= 15 is 0 Å². The average molecular weight is 325 g/mol. The van der Waals surface area contributed by atoms with E-state index in [1.54, 1.807) is 18.2 Å². The van der Waals surface area contributed by atoms with Crippen LogP contribution in [0.2, 0.25) is 0 Å². The van der Waals surface area contributed by atoms with E-state index in [1.165, 1.54) is 0 Å². The van der Waals surface area contributed by atoms with Crippen molar-refractivity contribution >= 4 is 17.6 Å². The van der Waals surface area contributed by atoms with Crippen LogP contribution in [0.3, 0.4) is 0 Å². The third kappa shape index (κ3) is 4.69. The number of esters is 1. The maximum Gasteiger partial charge on any atom is 0.338 e. The molecule has 0 saturated carbocycles. The molecule has 0 fully saturated rings. The molecular formula is C20H23NO3. The molecule has 1 amide bonds. The van der Waals surface area contributed by atoms with Crippen LogP contribution in [0.4, 0.5) is 5.69 Å². The van der Waals surface area contributed by atoms with Crippen LogP contribution >= 0.6 is 0 Å². The Hall–Kier alpha value is -2.62. The Bertz CT molecular complexity index is 724. The van der Waals surface area contributed by atoms with E-state index in [0.29, 0.717) is 11.5 Å². The van der Waals surface area contributed by atoms with Gasteiger partial charge in [0.05, 0.1) is 5.56 Å². The molecule has 0 bridgehead atoms. The normalized spacial score (nSPS) is 11.6. The van der Waals surface area contributed by atoms with Crippen LogP contribution in [0.5, 0.6) is 0 Å². The number of rotatable bonds is 6. The summed E-state index contributed by atoms with van der Waals surface area (Å²) in [6.07, 6.45) is 0.981. The summed E-state index contributed by atoms with van der Waals surface area (Å²) in [7, 11) is 0. The zero-order chi connectivity index (χ0) is 17.5. The molecule has 0 saturated heterocycles. The molecule has 0 aromatic heterocycles. The summed E-state index contributed by atoms with van der Waals surface area (Å²) in [6, 6.07) is 14.8. The molecule has 0 aliphatic heterocycles. The van der Waals surface area contributed by atoms with Gasteiger partial charge in [0.25, 0.3) is 5.91 Å². The first-order valence-corrected chi connectivity index (χ1v) is 8.13. The van der Waals surface area contributed by atoms with Gasteiger partial charge >= 0.3 is 5.97 Å². The molecule has 2 rings (SSSR count). The van der Waals surface area contributed by atoms with Gasteiger partial charge in [0.15, 0.2) is 6.61 Å². The molecule has 2 aromatic rings. The number of aryl methyl sites for hydroxylation is 1. The lowest BCUT2D eigenvalue weighted by Crippen LogP contribution is -2.21. The van der Waals surface area contributed by atoms with Crippen LogP contribution in [-0.4, -0.2) is 18.5 Å². The minimum Gasteiger partial charge on any atom is -0.452 e. The Morgan fingerprint density at radius 3 is 2.58 bits per heavy atom. The van der Waals surface area contributed by atoms with Gasteiger partial charge < -0.3 is 10.1 Å². The fourth-order valence-corrected chi connectivity index (χ4v) is 2.43. The number of para-hydroxylation sites is 1. The zero-order valence-electron chi connectivity index (χ0n) is 14.3. The first kappa shape index (κ1) is 17.7. The Labute approximate surface area is 142 Å². The first-order valence-electron chi connectivity index (χ1n) is 8.13. The zero-order valence-corrected chi connectivity index (χ0v) is 14.3. The quantitative estimate of drug-likeness (QED) is 0.805. The molecule has 4 nitrogen and oxygen atoms in total. The van der Waals surface area contributed by atoms with Gasteiger partial charge in [-0.25, -0.2) is 4.79 Å². The number of hydrogen-bond donors (Lipinski definition) is 1. The number of carbonyl (C=O) groups excluding carboxylic acids is 2. The molecule has 0 aliphatic carbocycles. The highest BCUT2D eigenvalue weighted by atomic mass is 16.5. The largest absolute Gasteiger partial charge is 0.452 e. The van der Waals surface area contributed by atoms with E-state index in [9.17, 15) is 9.59 Å². The number of hydrogen-bond acceptors (Lipinski definition) is 3. The van der Waals surface area contributed by atoms with Crippen molar-refractivity contribution in [3.05, 3.63) is 65.2 Å². The van der Waals surface area contributed by atoms with Crippen LogP contribution in [-0.2, 0) is 9.53 Å². The average Bonchev–Trinajstić information content (AvgIpc) is 2.59. The van der Waals surface area contributed by atoms with E-state index in [4.69, 9.17) is 4.74 Å². The topological polar surface area (TPSA) is 55.4 Å². The summed E-state index contributed by atoms with van der Waals surface area (Å²) < 4.78 is 5.09. The summed E-state index contributed by atoms with van der Waals surface area (Å²) in [5.41, 5.74) is 3.26. The number of ether oxygens (including phenoxy) is 1. The fraction of sp³-hybridized carbons (Fsp3) is 0.300. The molecule has 0 heterocycles. The highest BCUT2D eigenvalue weighted by molar-refractivity contribution is 5.96. The van der Waals surface area contributed by atoms with E-state index < -0.39 is 5.97 Å². The molecule has 0 unspecified atom stereocenters. The first-order chi connectivity index (χ1) is 11.5. The third-order valence-electron chi connectivity index (χ3n) is 3.97. The highest BCUT2D eigenvalue weighted by Gasteiger charge is 2.13. The van der Waals surface area contributed by atoms with Crippen LogP contribution in [0.1, 0.15) is 47.7 Å². The van der Waals surface area contributed by atoms with Crippen molar-refractivity contribution < 1.29 is 14.3 Å².